The van der Waals surface area contributed by atoms with Crippen molar-refractivity contribution >= 4 is 31.9 Å². The van der Waals surface area contributed by atoms with Crippen molar-refractivity contribution in [1.29, 1.82) is 0 Å². The van der Waals surface area contributed by atoms with Crippen molar-refractivity contribution in [3.05, 3.63) is 51.9 Å². The highest BCUT2D eigenvalue weighted by Crippen LogP contribution is 2.39. The van der Waals surface area contributed by atoms with Crippen LogP contribution in [0.3, 0.4) is 0 Å². The normalized spacial score (nSPS) is 12.4. The van der Waals surface area contributed by atoms with Crippen molar-refractivity contribution in [2.24, 2.45) is 0 Å². The van der Waals surface area contributed by atoms with Crippen LogP contribution in [0.4, 0.5) is 0 Å². The highest BCUT2D eigenvalue weighted by Gasteiger charge is 2.19. The second-order valence-electron chi connectivity index (χ2n) is 3.90. The van der Waals surface area contributed by atoms with E-state index < -0.39 is 0 Å². The molecule has 0 N–H and O–H groups in total. The summed E-state index contributed by atoms with van der Waals surface area (Å²) in [5.74, 6) is 1.86. The maximum atomic E-state index is 5.48. The minimum absolute atomic E-state index is 0.0682. The Morgan fingerprint density at radius 2 is 2.06 bits per heavy atom. The lowest BCUT2D eigenvalue weighted by molar-refractivity contribution is 0.410. The van der Waals surface area contributed by atoms with Crippen LogP contribution < -0.4 is 4.74 Å². The van der Waals surface area contributed by atoms with Gasteiger partial charge in [0.15, 0.2) is 0 Å². The fourth-order valence-electron chi connectivity index (χ4n) is 1.93. The first-order chi connectivity index (χ1) is 8.67. The predicted octanol–water partition coefficient (Wildman–Crippen LogP) is 5.10. The maximum Gasteiger partial charge on any atom is 0.123 e. The number of furan rings is 1. The van der Waals surface area contributed by atoms with Crippen molar-refractivity contribution in [1.82, 2.24) is 0 Å². The third-order valence-electron chi connectivity index (χ3n) is 2.84. The first kappa shape index (κ1) is 13.7. The molecular formula is C14H14Br2O2. The number of rotatable bonds is 4. The number of hydrogen-bond donors (Lipinski definition) is 0. The van der Waals surface area contributed by atoms with Crippen LogP contribution in [0.15, 0.2) is 39.4 Å². The number of aryl methyl sites for hydroxylation is 1. The van der Waals surface area contributed by atoms with Gasteiger partial charge in [-0.1, -0.05) is 38.8 Å². The molecule has 1 unspecified atom stereocenters. The van der Waals surface area contributed by atoms with E-state index in [0.29, 0.717) is 0 Å². The lowest BCUT2D eigenvalue weighted by atomic mass is 10.0. The molecule has 0 aliphatic rings. The summed E-state index contributed by atoms with van der Waals surface area (Å²) in [6, 6.07) is 7.99. The molecule has 0 aliphatic carbocycles. The van der Waals surface area contributed by atoms with Gasteiger partial charge in [0.25, 0.3) is 0 Å². The quantitative estimate of drug-likeness (QED) is 0.696. The average molecular weight is 374 g/mol. The Morgan fingerprint density at radius 3 is 2.72 bits per heavy atom. The van der Waals surface area contributed by atoms with Crippen LogP contribution in [-0.2, 0) is 6.42 Å². The van der Waals surface area contributed by atoms with E-state index in [1.54, 1.807) is 13.4 Å². The lowest BCUT2D eigenvalue weighted by Gasteiger charge is -2.14. The topological polar surface area (TPSA) is 22.4 Å². The second kappa shape index (κ2) is 5.93. The summed E-state index contributed by atoms with van der Waals surface area (Å²) in [4.78, 5) is 0.0682. The largest absolute Gasteiger partial charge is 0.496 e. The summed E-state index contributed by atoms with van der Waals surface area (Å²) in [6.07, 6.45) is 2.60. The Hall–Kier alpha value is -0.740. The van der Waals surface area contributed by atoms with E-state index in [1.165, 1.54) is 0 Å². The molecule has 96 valence electrons. The van der Waals surface area contributed by atoms with E-state index >= 15 is 0 Å². The number of benzene rings is 1. The van der Waals surface area contributed by atoms with Gasteiger partial charge in [-0.3, -0.25) is 0 Å². The molecule has 0 amide bonds. The van der Waals surface area contributed by atoms with Gasteiger partial charge in [0.2, 0.25) is 0 Å². The molecule has 0 saturated carbocycles. The van der Waals surface area contributed by atoms with Crippen LogP contribution in [0.1, 0.15) is 28.6 Å². The number of methoxy groups -OCH3 is 1. The van der Waals surface area contributed by atoms with Crippen molar-refractivity contribution < 1.29 is 9.15 Å². The zero-order valence-electron chi connectivity index (χ0n) is 10.2. The minimum Gasteiger partial charge on any atom is -0.496 e. The Labute approximate surface area is 124 Å². The van der Waals surface area contributed by atoms with Gasteiger partial charge in [0, 0.05) is 22.0 Å². The third-order valence-corrected chi connectivity index (χ3v) is 4.32. The molecule has 2 rings (SSSR count). The smallest absolute Gasteiger partial charge is 0.123 e. The summed E-state index contributed by atoms with van der Waals surface area (Å²) in [5.41, 5.74) is 2.23. The Balaban J connectivity index is 2.45. The Kier molecular flexibility index (Phi) is 4.51. The number of alkyl halides is 1. The van der Waals surface area contributed by atoms with Crippen LogP contribution in [0.25, 0.3) is 0 Å². The fourth-order valence-corrected chi connectivity index (χ4v) is 3.08. The Morgan fingerprint density at radius 1 is 1.28 bits per heavy atom. The first-order valence-electron chi connectivity index (χ1n) is 5.71. The summed E-state index contributed by atoms with van der Waals surface area (Å²) in [7, 11) is 1.68. The Bertz CT molecular complexity index is 534. The lowest BCUT2D eigenvalue weighted by Crippen LogP contribution is -1.98. The molecule has 0 fully saturated rings. The molecule has 1 atom stereocenters. The standard InChI is InChI=1S/C14H14Br2O2/c1-3-12-10(6-7-18-12)14(16)11-8-9(15)4-5-13(11)17-2/h4-8,14H,3H2,1-2H3. The molecule has 0 spiro atoms. The zero-order valence-corrected chi connectivity index (χ0v) is 13.4. The molecule has 4 heteroatoms. The molecule has 1 aromatic heterocycles. The third kappa shape index (κ3) is 2.64. The molecule has 1 aromatic carbocycles. The molecule has 2 nitrogen and oxygen atoms in total. The van der Waals surface area contributed by atoms with E-state index in [1.807, 2.05) is 18.2 Å². The predicted molar refractivity (Wildman–Crippen MR) is 79.6 cm³/mol. The van der Waals surface area contributed by atoms with Crippen LogP contribution in [0.5, 0.6) is 5.75 Å². The van der Waals surface area contributed by atoms with Gasteiger partial charge in [-0.05, 0) is 24.3 Å². The molecule has 0 bridgehead atoms. The van der Waals surface area contributed by atoms with E-state index in [-0.39, 0.29) is 4.83 Å². The van der Waals surface area contributed by atoms with Gasteiger partial charge in [-0.2, -0.15) is 0 Å². The number of hydrogen-bond acceptors (Lipinski definition) is 2. The summed E-state index contributed by atoms with van der Waals surface area (Å²) in [5, 5.41) is 0. The SMILES string of the molecule is CCc1occc1C(Br)c1cc(Br)ccc1OC. The van der Waals surface area contributed by atoms with Gasteiger partial charge >= 0.3 is 0 Å². The maximum absolute atomic E-state index is 5.48. The van der Waals surface area contributed by atoms with Crippen LogP contribution >= 0.6 is 31.9 Å². The first-order valence-corrected chi connectivity index (χ1v) is 7.42. The summed E-state index contributed by atoms with van der Waals surface area (Å²) >= 11 is 7.22. The molecule has 0 aliphatic heterocycles. The molecule has 1 heterocycles. The summed E-state index contributed by atoms with van der Waals surface area (Å²) in [6.45, 7) is 2.08. The molecule has 0 radical (unpaired) electrons. The molecule has 2 aromatic rings. The van der Waals surface area contributed by atoms with E-state index in [0.717, 1.165) is 33.5 Å². The second-order valence-corrected chi connectivity index (χ2v) is 5.73. The number of halogens is 2. The van der Waals surface area contributed by atoms with E-state index in [2.05, 4.69) is 44.8 Å². The van der Waals surface area contributed by atoms with Crippen molar-refractivity contribution in [2.45, 2.75) is 18.2 Å². The van der Waals surface area contributed by atoms with Crippen LogP contribution in [0, 0.1) is 0 Å². The van der Waals surface area contributed by atoms with Gasteiger partial charge in [-0.15, -0.1) is 0 Å². The molecular weight excluding hydrogens is 360 g/mol. The van der Waals surface area contributed by atoms with Crippen LogP contribution in [0.2, 0.25) is 0 Å². The van der Waals surface area contributed by atoms with Gasteiger partial charge in [0.05, 0.1) is 18.2 Å². The molecule has 18 heavy (non-hydrogen) atoms. The molecule has 0 saturated heterocycles. The van der Waals surface area contributed by atoms with Crippen molar-refractivity contribution in [3.63, 3.8) is 0 Å². The van der Waals surface area contributed by atoms with Gasteiger partial charge in [0.1, 0.15) is 11.5 Å². The van der Waals surface area contributed by atoms with E-state index in [4.69, 9.17) is 9.15 Å². The summed E-state index contributed by atoms with van der Waals surface area (Å²) < 4.78 is 11.9. The average Bonchev–Trinajstić information content (AvgIpc) is 2.86. The van der Waals surface area contributed by atoms with Gasteiger partial charge in [-0.25, -0.2) is 0 Å². The van der Waals surface area contributed by atoms with Crippen LogP contribution in [-0.4, -0.2) is 7.11 Å². The zero-order chi connectivity index (χ0) is 13.1. The highest BCUT2D eigenvalue weighted by molar-refractivity contribution is 9.10. The highest BCUT2D eigenvalue weighted by atomic mass is 79.9. The van der Waals surface area contributed by atoms with Crippen molar-refractivity contribution in [2.75, 3.05) is 7.11 Å². The van der Waals surface area contributed by atoms with E-state index in [9.17, 15) is 0 Å². The van der Waals surface area contributed by atoms with Gasteiger partial charge < -0.3 is 9.15 Å². The number of ether oxygens (including phenoxy) is 1. The fraction of sp³-hybridized carbons (Fsp3) is 0.286. The monoisotopic (exact) mass is 372 g/mol. The van der Waals surface area contributed by atoms with Crippen molar-refractivity contribution in [3.8, 4) is 5.75 Å². The minimum atomic E-state index is 0.0682.